The summed E-state index contributed by atoms with van der Waals surface area (Å²) < 4.78 is 37.9. The SMILES string of the molecule is CCN1C[C@]2(COC)[C@H](O)C[C@H](OC)[C@@]34[C@@H]5C[C@@]6(O)[C@@H](OC)C[C@@](OC(C)=O)([C@H]5[C@@H]6OC(=O)c5ccccc5)[C@@H]([C@@H](OC)[C@H]23)[C@@H]14. The average molecular weight is 630 g/mol. The molecule has 7 rings (SSSR count). The minimum absolute atomic E-state index is 0.163. The molecule has 0 unspecified atom stereocenters. The largest absolute Gasteiger partial charge is 0.458 e. The zero-order valence-electron chi connectivity index (χ0n) is 27.0. The van der Waals surface area contributed by atoms with Crippen molar-refractivity contribution >= 4 is 11.9 Å². The summed E-state index contributed by atoms with van der Waals surface area (Å²) in [5.41, 5.74) is -3.74. The van der Waals surface area contributed by atoms with Crippen molar-refractivity contribution < 1.29 is 48.2 Å². The highest BCUT2D eigenvalue weighted by Gasteiger charge is 2.90. The number of carbonyl (C=O) groups is 2. The summed E-state index contributed by atoms with van der Waals surface area (Å²) in [6.07, 6.45) is -2.55. The van der Waals surface area contributed by atoms with Gasteiger partial charge in [0, 0.05) is 89.4 Å². The third-order valence-electron chi connectivity index (χ3n) is 13.1. The lowest BCUT2D eigenvalue weighted by Gasteiger charge is -2.70. The Balaban J connectivity index is 1.50. The number of carbonyl (C=O) groups excluding carboxylic acids is 2. The van der Waals surface area contributed by atoms with Gasteiger partial charge in [0.05, 0.1) is 36.6 Å². The van der Waals surface area contributed by atoms with E-state index in [-0.39, 0.29) is 30.7 Å². The number of ether oxygens (including phenoxy) is 6. The summed E-state index contributed by atoms with van der Waals surface area (Å²) in [4.78, 5) is 29.3. The van der Waals surface area contributed by atoms with Crippen molar-refractivity contribution in [2.75, 3.05) is 48.1 Å². The number of rotatable bonds is 9. The number of piperidine rings is 1. The van der Waals surface area contributed by atoms with Crippen molar-refractivity contribution in [3.8, 4) is 0 Å². The summed E-state index contributed by atoms with van der Waals surface area (Å²) >= 11 is 0. The van der Waals surface area contributed by atoms with Crippen LogP contribution in [-0.4, -0.2) is 123 Å². The first-order valence-electron chi connectivity index (χ1n) is 16.2. The molecule has 248 valence electrons. The monoisotopic (exact) mass is 629 g/mol. The van der Waals surface area contributed by atoms with Crippen LogP contribution in [0.5, 0.6) is 0 Å². The molecule has 0 amide bonds. The van der Waals surface area contributed by atoms with Gasteiger partial charge >= 0.3 is 11.9 Å². The number of esters is 2. The van der Waals surface area contributed by atoms with Gasteiger partial charge in [-0.25, -0.2) is 4.79 Å². The van der Waals surface area contributed by atoms with Gasteiger partial charge in [-0.05, 0) is 31.0 Å². The van der Waals surface area contributed by atoms with Crippen LogP contribution in [0.25, 0.3) is 0 Å². The van der Waals surface area contributed by atoms with Crippen LogP contribution in [-0.2, 0) is 33.2 Å². The number of methoxy groups -OCH3 is 4. The minimum atomic E-state index is -1.55. The second-order valence-electron chi connectivity index (χ2n) is 14.4. The lowest BCUT2D eigenvalue weighted by Crippen LogP contribution is -2.79. The second-order valence-corrected chi connectivity index (χ2v) is 14.4. The van der Waals surface area contributed by atoms with Gasteiger partial charge in [-0.3, -0.25) is 9.69 Å². The fraction of sp³-hybridized carbons (Fsp3) is 0.765. The van der Waals surface area contributed by atoms with Crippen LogP contribution in [0.4, 0.5) is 0 Å². The number of hydrogen-bond donors (Lipinski definition) is 2. The van der Waals surface area contributed by atoms with Crippen LogP contribution in [0.1, 0.15) is 43.5 Å². The molecular weight excluding hydrogens is 582 g/mol. The number of hydrogen-bond acceptors (Lipinski definition) is 11. The van der Waals surface area contributed by atoms with E-state index in [1.807, 2.05) is 6.07 Å². The minimum Gasteiger partial charge on any atom is -0.458 e. The fourth-order valence-corrected chi connectivity index (χ4v) is 12.2. The molecule has 2 N–H and O–H groups in total. The highest BCUT2D eigenvalue weighted by molar-refractivity contribution is 5.89. The standard InChI is InChI=1S/C34H47NO10/c1-7-35-16-31(17-40-3)21(37)13-22(41-4)34-20-14-32(39)23(42-5)15-33(45-18(2)36,25(28(34)35)26(43-6)27(31)34)24(20)29(32)44-30(38)19-11-9-8-10-12-19/h8-12,20-29,37,39H,7,13-17H2,1-6H3/t20-,21-,22+,23+,24-,25+,26-,27-,28-,29+,31+,32-,33-,34+/m1/s1. The summed E-state index contributed by atoms with van der Waals surface area (Å²) in [5, 5.41) is 24.8. The lowest BCUT2D eigenvalue weighted by atomic mass is 9.42. The van der Waals surface area contributed by atoms with Crippen molar-refractivity contribution in [3.63, 3.8) is 0 Å². The third kappa shape index (κ3) is 3.72. The number of aliphatic hydroxyl groups excluding tert-OH is 1. The molecule has 45 heavy (non-hydrogen) atoms. The van der Waals surface area contributed by atoms with Crippen LogP contribution < -0.4 is 0 Å². The van der Waals surface area contributed by atoms with E-state index >= 15 is 0 Å². The van der Waals surface area contributed by atoms with E-state index in [0.29, 0.717) is 31.7 Å². The van der Waals surface area contributed by atoms with Crippen LogP contribution in [0, 0.1) is 34.5 Å². The van der Waals surface area contributed by atoms with E-state index in [1.54, 1.807) is 52.7 Å². The predicted molar refractivity (Wildman–Crippen MR) is 159 cm³/mol. The molecule has 14 atom stereocenters. The van der Waals surface area contributed by atoms with Crippen molar-refractivity contribution in [1.82, 2.24) is 4.90 Å². The summed E-state index contributed by atoms with van der Waals surface area (Å²) in [6.45, 7) is 5.08. The van der Waals surface area contributed by atoms with Crippen LogP contribution in [0.2, 0.25) is 0 Å². The lowest BCUT2D eigenvalue weighted by molar-refractivity contribution is -0.300. The molecule has 1 heterocycles. The molecule has 1 aromatic carbocycles. The summed E-state index contributed by atoms with van der Waals surface area (Å²) in [7, 11) is 6.58. The molecule has 1 aliphatic heterocycles. The Morgan fingerprint density at radius 1 is 1.00 bits per heavy atom. The summed E-state index contributed by atoms with van der Waals surface area (Å²) in [6, 6.07) is 8.56. The molecule has 5 saturated carbocycles. The molecule has 1 aromatic rings. The van der Waals surface area contributed by atoms with Gasteiger partial charge in [-0.2, -0.15) is 0 Å². The molecule has 11 heteroatoms. The average Bonchev–Trinajstić information content (AvgIpc) is 3.40. The molecule has 0 aromatic heterocycles. The number of benzene rings is 1. The van der Waals surface area contributed by atoms with E-state index in [4.69, 9.17) is 28.4 Å². The van der Waals surface area contributed by atoms with Crippen LogP contribution >= 0.6 is 0 Å². The first-order chi connectivity index (χ1) is 21.5. The molecule has 5 aliphatic carbocycles. The van der Waals surface area contributed by atoms with Crippen molar-refractivity contribution in [3.05, 3.63) is 35.9 Å². The Morgan fingerprint density at radius 3 is 2.31 bits per heavy atom. The van der Waals surface area contributed by atoms with Gasteiger partial charge in [0.2, 0.25) is 0 Å². The molecule has 0 radical (unpaired) electrons. The molecule has 6 aliphatic rings. The van der Waals surface area contributed by atoms with E-state index < -0.39 is 76.3 Å². The number of aliphatic hydroxyl groups is 2. The van der Waals surface area contributed by atoms with E-state index in [9.17, 15) is 19.8 Å². The molecule has 7 bridgehead atoms. The first kappa shape index (κ1) is 31.5. The van der Waals surface area contributed by atoms with Gasteiger partial charge in [0.15, 0.2) is 0 Å². The van der Waals surface area contributed by atoms with Gasteiger partial charge in [0.25, 0.3) is 0 Å². The number of fused-ring (bicyclic) bond motifs is 2. The Labute approximate surface area is 264 Å². The van der Waals surface area contributed by atoms with Crippen molar-refractivity contribution in [2.45, 2.75) is 80.9 Å². The third-order valence-corrected chi connectivity index (χ3v) is 13.1. The normalized spacial score (nSPS) is 49.1. The maximum atomic E-state index is 13.7. The van der Waals surface area contributed by atoms with Gasteiger partial charge < -0.3 is 38.6 Å². The molecule has 1 saturated heterocycles. The highest BCUT2D eigenvalue weighted by atomic mass is 16.6. The van der Waals surface area contributed by atoms with Crippen LogP contribution in [0.15, 0.2) is 30.3 Å². The smallest absolute Gasteiger partial charge is 0.338 e. The number of likely N-dealkylation sites (tertiary alicyclic amines) is 1. The van der Waals surface area contributed by atoms with E-state index in [2.05, 4.69) is 11.8 Å². The van der Waals surface area contributed by atoms with Gasteiger partial charge in [0.1, 0.15) is 17.3 Å². The zero-order chi connectivity index (χ0) is 32.1. The van der Waals surface area contributed by atoms with E-state index in [0.717, 1.165) is 0 Å². The molecular formula is C34H47NO10. The zero-order valence-corrected chi connectivity index (χ0v) is 27.0. The predicted octanol–water partition coefficient (Wildman–Crippen LogP) is 1.68. The quantitative estimate of drug-likeness (QED) is 0.387. The molecule has 11 nitrogen and oxygen atoms in total. The van der Waals surface area contributed by atoms with Gasteiger partial charge in [-0.15, -0.1) is 0 Å². The summed E-state index contributed by atoms with van der Waals surface area (Å²) in [5.74, 6) is -2.55. The van der Waals surface area contributed by atoms with Crippen LogP contribution in [0.3, 0.4) is 0 Å². The second kappa shape index (κ2) is 10.7. The Morgan fingerprint density at radius 2 is 1.71 bits per heavy atom. The Kier molecular flexibility index (Phi) is 7.48. The fourth-order valence-electron chi connectivity index (χ4n) is 12.2. The van der Waals surface area contributed by atoms with Crippen molar-refractivity contribution in [2.24, 2.45) is 34.5 Å². The maximum Gasteiger partial charge on any atom is 0.338 e. The Bertz CT molecular complexity index is 1330. The van der Waals surface area contributed by atoms with Gasteiger partial charge in [-0.1, -0.05) is 25.1 Å². The molecule has 1 spiro atoms. The van der Waals surface area contributed by atoms with Crippen molar-refractivity contribution in [1.29, 1.82) is 0 Å². The topological polar surface area (TPSA) is 133 Å². The maximum absolute atomic E-state index is 13.7. The number of nitrogens with zero attached hydrogens (tertiary/aromatic N) is 1. The Hall–Kier alpha value is -2.12. The van der Waals surface area contributed by atoms with E-state index in [1.165, 1.54) is 6.92 Å². The molecule has 6 fully saturated rings. The first-order valence-corrected chi connectivity index (χ1v) is 16.2. The highest BCUT2D eigenvalue weighted by Crippen LogP contribution is 2.80.